The monoisotopic (exact) mass is 285 g/mol. The fourth-order valence-corrected chi connectivity index (χ4v) is 2.69. The van der Waals surface area contributed by atoms with Gasteiger partial charge in [-0.3, -0.25) is 0 Å². The van der Waals surface area contributed by atoms with Gasteiger partial charge in [0.05, 0.1) is 5.56 Å². The summed E-state index contributed by atoms with van der Waals surface area (Å²) in [7, 11) is 2.01. The van der Waals surface area contributed by atoms with Crippen molar-refractivity contribution in [3.63, 3.8) is 0 Å². The van der Waals surface area contributed by atoms with Gasteiger partial charge in [0.15, 0.2) is 0 Å². The molecule has 1 heterocycles. The standard InChI is InChI=1S/C16H22F3N/c1-15(2,3)13-7-12(11-5-6-20(4)10-11)8-14(9-13)16(17,18)19/h7-9,11H,5-6,10H2,1-4H3. The second-order valence-electron chi connectivity index (χ2n) is 6.84. The van der Waals surface area contributed by atoms with Crippen molar-refractivity contribution in [2.45, 2.75) is 44.7 Å². The highest BCUT2D eigenvalue weighted by molar-refractivity contribution is 5.37. The zero-order valence-corrected chi connectivity index (χ0v) is 12.5. The van der Waals surface area contributed by atoms with E-state index in [4.69, 9.17) is 0 Å². The first-order valence-corrected chi connectivity index (χ1v) is 6.98. The van der Waals surface area contributed by atoms with Crippen molar-refractivity contribution >= 4 is 0 Å². The minimum absolute atomic E-state index is 0.211. The Morgan fingerprint density at radius 3 is 2.10 bits per heavy atom. The molecule has 1 saturated heterocycles. The summed E-state index contributed by atoms with van der Waals surface area (Å²) in [6.45, 7) is 7.64. The fraction of sp³-hybridized carbons (Fsp3) is 0.625. The number of hydrogen-bond donors (Lipinski definition) is 0. The van der Waals surface area contributed by atoms with Crippen LogP contribution in [0.3, 0.4) is 0 Å². The zero-order chi connectivity index (χ0) is 15.1. The van der Waals surface area contributed by atoms with E-state index in [0.29, 0.717) is 0 Å². The molecule has 1 aliphatic heterocycles. The van der Waals surface area contributed by atoms with Crippen LogP contribution in [0, 0.1) is 0 Å². The summed E-state index contributed by atoms with van der Waals surface area (Å²) in [6.07, 6.45) is -3.35. The maximum absolute atomic E-state index is 13.1. The Kier molecular flexibility index (Phi) is 3.89. The van der Waals surface area contributed by atoms with Crippen molar-refractivity contribution in [3.8, 4) is 0 Å². The lowest BCUT2D eigenvalue weighted by Gasteiger charge is -2.23. The summed E-state index contributed by atoms with van der Waals surface area (Å²) in [5, 5.41) is 0. The van der Waals surface area contributed by atoms with Gasteiger partial charge in [0.2, 0.25) is 0 Å². The molecule has 0 N–H and O–H groups in total. The lowest BCUT2D eigenvalue weighted by Crippen LogP contribution is -2.17. The van der Waals surface area contributed by atoms with E-state index in [1.165, 1.54) is 12.1 Å². The third-order valence-corrected chi connectivity index (χ3v) is 4.01. The molecule has 1 nitrogen and oxygen atoms in total. The highest BCUT2D eigenvalue weighted by atomic mass is 19.4. The first-order valence-electron chi connectivity index (χ1n) is 6.98. The molecule has 2 rings (SSSR count). The quantitative estimate of drug-likeness (QED) is 0.738. The SMILES string of the molecule is CN1CCC(c2cc(C(C)(C)C)cc(C(F)(F)F)c2)C1. The van der Waals surface area contributed by atoms with Crippen LogP contribution in [-0.4, -0.2) is 25.0 Å². The molecule has 0 aliphatic carbocycles. The maximum atomic E-state index is 13.1. The zero-order valence-electron chi connectivity index (χ0n) is 12.5. The Morgan fingerprint density at radius 2 is 1.65 bits per heavy atom. The number of rotatable bonds is 1. The van der Waals surface area contributed by atoms with E-state index in [0.717, 1.165) is 30.6 Å². The molecule has 0 bridgehead atoms. The van der Waals surface area contributed by atoms with Crippen LogP contribution in [0.5, 0.6) is 0 Å². The predicted molar refractivity (Wildman–Crippen MR) is 75.0 cm³/mol. The van der Waals surface area contributed by atoms with Crippen LogP contribution in [-0.2, 0) is 11.6 Å². The Bertz CT molecular complexity index is 453. The number of alkyl halides is 3. The number of likely N-dealkylation sites (N-methyl/N-ethyl adjacent to an activating group) is 1. The van der Waals surface area contributed by atoms with Crippen LogP contribution in [0.4, 0.5) is 13.2 Å². The normalized spacial score (nSPS) is 21.4. The van der Waals surface area contributed by atoms with Gasteiger partial charge in [-0.25, -0.2) is 0 Å². The third-order valence-electron chi connectivity index (χ3n) is 4.01. The molecule has 1 aromatic carbocycles. The van der Waals surface area contributed by atoms with Crippen LogP contribution >= 0.6 is 0 Å². The van der Waals surface area contributed by atoms with Crippen LogP contribution < -0.4 is 0 Å². The average Bonchev–Trinajstić information content (AvgIpc) is 2.73. The molecule has 1 unspecified atom stereocenters. The minimum atomic E-state index is -4.28. The van der Waals surface area contributed by atoms with Crippen LogP contribution in [0.1, 0.15) is 49.8 Å². The highest BCUT2D eigenvalue weighted by Crippen LogP contribution is 2.37. The van der Waals surface area contributed by atoms with E-state index >= 15 is 0 Å². The van der Waals surface area contributed by atoms with Crippen molar-refractivity contribution in [3.05, 3.63) is 34.9 Å². The van der Waals surface area contributed by atoms with E-state index in [1.807, 2.05) is 33.9 Å². The molecule has 0 saturated carbocycles. The summed E-state index contributed by atoms with van der Waals surface area (Å²) in [5.74, 6) is 0.211. The number of halogens is 3. The first-order chi connectivity index (χ1) is 9.07. The molecule has 0 amide bonds. The van der Waals surface area contributed by atoms with Gasteiger partial charge in [-0.05, 0) is 54.6 Å². The minimum Gasteiger partial charge on any atom is -0.306 e. The number of likely N-dealkylation sites (tertiary alicyclic amines) is 1. The maximum Gasteiger partial charge on any atom is 0.416 e. The molecule has 0 radical (unpaired) electrons. The van der Waals surface area contributed by atoms with Crippen molar-refractivity contribution in [1.29, 1.82) is 0 Å². The molecule has 1 aliphatic rings. The molecule has 20 heavy (non-hydrogen) atoms. The molecular formula is C16H22F3N. The largest absolute Gasteiger partial charge is 0.416 e. The molecule has 1 aromatic rings. The lowest BCUT2D eigenvalue weighted by atomic mass is 9.83. The molecule has 112 valence electrons. The summed E-state index contributed by atoms with van der Waals surface area (Å²) < 4.78 is 39.3. The van der Waals surface area contributed by atoms with E-state index < -0.39 is 11.7 Å². The fourth-order valence-electron chi connectivity index (χ4n) is 2.69. The topological polar surface area (TPSA) is 3.24 Å². The lowest BCUT2D eigenvalue weighted by molar-refractivity contribution is -0.137. The van der Waals surface area contributed by atoms with E-state index in [-0.39, 0.29) is 11.3 Å². The number of hydrogen-bond acceptors (Lipinski definition) is 1. The molecule has 1 fully saturated rings. The second-order valence-corrected chi connectivity index (χ2v) is 6.84. The van der Waals surface area contributed by atoms with Crippen molar-refractivity contribution < 1.29 is 13.2 Å². The Balaban J connectivity index is 2.46. The summed E-state index contributed by atoms with van der Waals surface area (Å²) in [5.41, 5.74) is 0.793. The van der Waals surface area contributed by atoms with Gasteiger partial charge in [0.25, 0.3) is 0 Å². The summed E-state index contributed by atoms with van der Waals surface area (Å²) in [6, 6.07) is 4.58. The van der Waals surface area contributed by atoms with Crippen molar-refractivity contribution in [2.24, 2.45) is 0 Å². The summed E-state index contributed by atoms with van der Waals surface area (Å²) in [4.78, 5) is 2.17. The number of benzene rings is 1. The van der Waals surface area contributed by atoms with Crippen LogP contribution in [0.2, 0.25) is 0 Å². The Morgan fingerprint density at radius 1 is 1.05 bits per heavy atom. The van der Waals surface area contributed by atoms with Gasteiger partial charge in [0.1, 0.15) is 0 Å². The average molecular weight is 285 g/mol. The van der Waals surface area contributed by atoms with E-state index in [1.54, 1.807) is 0 Å². The van der Waals surface area contributed by atoms with Crippen molar-refractivity contribution in [1.82, 2.24) is 4.90 Å². The molecule has 1 atom stereocenters. The Labute approximate surface area is 118 Å². The second kappa shape index (κ2) is 5.06. The number of nitrogens with zero attached hydrogens (tertiary/aromatic N) is 1. The molecule has 4 heteroatoms. The van der Waals surface area contributed by atoms with E-state index in [9.17, 15) is 13.2 Å². The Hall–Kier alpha value is -1.03. The van der Waals surface area contributed by atoms with Crippen molar-refractivity contribution in [2.75, 3.05) is 20.1 Å². The van der Waals surface area contributed by atoms with Gasteiger partial charge < -0.3 is 4.90 Å². The van der Waals surface area contributed by atoms with Gasteiger partial charge >= 0.3 is 6.18 Å². The first kappa shape index (κ1) is 15.4. The van der Waals surface area contributed by atoms with Gasteiger partial charge in [-0.15, -0.1) is 0 Å². The van der Waals surface area contributed by atoms with Crippen LogP contribution in [0.15, 0.2) is 18.2 Å². The molecule has 0 spiro atoms. The van der Waals surface area contributed by atoms with Crippen LogP contribution in [0.25, 0.3) is 0 Å². The molecule has 0 aromatic heterocycles. The summed E-state index contributed by atoms with van der Waals surface area (Å²) >= 11 is 0. The van der Waals surface area contributed by atoms with Gasteiger partial charge in [-0.2, -0.15) is 13.2 Å². The highest BCUT2D eigenvalue weighted by Gasteiger charge is 2.33. The third kappa shape index (κ3) is 3.35. The van der Waals surface area contributed by atoms with Gasteiger partial charge in [0, 0.05) is 6.54 Å². The smallest absolute Gasteiger partial charge is 0.306 e. The van der Waals surface area contributed by atoms with Gasteiger partial charge in [-0.1, -0.05) is 26.8 Å². The van der Waals surface area contributed by atoms with E-state index in [2.05, 4.69) is 4.90 Å². The predicted octanol–water partition coefficient (Wildman–Crippen LogP) is 4.42. The molecular weight excluding hydrogens is 263 g/mol.